The van der Waals surface area contributed by atoms with Crippen LogP contribution in [0.3, 0.4) is 0 Å². The summed E-state index contributed by atoms with van der Waals surface area (Å²) in [7, 11) is 0. The van der Waals surface area contributed by atoms with E-state index in [0.717, 1.165) is 28.2 Å². The number of hydrogen-bond acceptors (Lipinski definition) is 5. The van der Waals surface area contributed by atoms with Crippen LogP contribution in [0.15, 0.2) is 84.0 Å². The van der Waals surface area contributed by atoms with E-state index in [2.05, 4.69) is 27.9 Å². The van der Waals surface area contributed by atoms with Crippen LogP contribution in [0.2, 0.25) is 0 Å². The number of nitrogens with one attached hydrogen (secondary N) is 2. The van der Waals surface area contributed by atoms with Gasteiger partial charge in [0.05, 0.1) is 6.04 Å². The number of benzene rings is 3. The highest BCUT2D eigenvalue weighted by Crippen LogP contribution is 2.39. The topological polar surface area (TPSA) is 71.8 Å². The van der Waals surface area contributed by atoms with Gasteiger partial charge in [-0.05, 0) is 42.7 Å². The monoisotopic (exact) mass is 441 g/mol. The van der Waals surface area contributed by atoms with Crippen LogP contribution in [0.1, 0.15) is 22.7 Å². The molecule has 1 aliphatic rings. The van der Waals surface area contributed by atoms with E-state index in [1.165, 1.54) is 17.3 Å². The molecule has 1 aromatic heterocycles. The molecule has 1 amide bonds. The van der Waals surface area contributed by atoms with E-state index in [1.54, 1.807) is 0 Å². The second-order valence-corrected chi connectivity index (χ2v) is 8.96. The number of carbonyl (C=O) groups excluding carboxylic acids is 1. The fourth-order valence-corrected chi connectivity index (χ4v) is 4.85. The third-order valence-electron chi connectivity index (χ3n) is 5.66. The summed E-state index contributed by atoms with van der Waals surface area (Å²) in [5.41, 5.74) is 8.63. The van der Waals surface area contributed by atoms with Gasteiger partial charge in [-0.1, -0.05) is 78.5 Å². The summed E-state index contributed by atoms with van der Waals surface area (Å²) >= 11 is 1.42. The minimum Gasteiger partial charge on any atom is -0.325 e. The lowest BCUT2D eigenvalue weighted by Crippen LogP contribution is -2.41. The van der Waals surface area contributed by atoms with Crippen LogP contribution < -0.4 is 10.7 Å². The number of aryl methyl sites for hydroxylation is 2. The molecule has 2 N–H and O–H groups in total. The first-order valence-electron chi connectivity index (χ1n) is 10.5. The number of nitrogens with zero attached hydrogens (tertiary/aromatic N) is 3. The first-order valence-corrected chi connectivity index (χ1v) is 11.4. The minimum absolute atomic E-state index is 0.0740. The second kappa shape index (κ2) is 8.51. The average Bonchev–Trinajstić information content (AvgIpc) is 3.25. The SMILES string of the molecule is Cc1ccc(NC(=O)C2Sc3nnc(-c4ccccc4)n3NC2c2ccccc2)cc1C. The van der Waals surface area contributed by atoms with Crippen molar-refractivity contribution >= 4 is 23.4 Å². The Balaban J connectivity index is 1.50. The van der Waals surface area contributed by atoms with Gasteiger partial charge in [0.2, 0.25) is 11.1 Å². The van der Waals surface area contributed by atoms with E-state index in [9.17, 15) is 4.79 Å². The van der Waals surface area contributed by atoms with Gasteiger partial charge in [-0.25, -0.2) is 4.68 Å². The smallest absolute Gasteiger partial charge is 0.240 e. The maximum absolute atomic E-state index is 13.4. The molecular weight excluding hydrogens is 418 g/mol. The minimum atomic E-state index is -0.417. The van der Waals surface area contributed by atoms with Gasteiger partial charge in [0.15, 0.2) is 5.82 Å². The molecule has 0 fully saturated rings. The summed E-state index contributed by atoms with van der Waals surface area (Å²) in [4.78, 5) is 13.4. The summed E-state index contributed by atoms with van der Waals surface area (Å²) in [6.45, 7) is 4.10. The predicted octanol–water partition coefficient (Wildman–Crippen LogP) is 4.96. The van der Waals surface area contributed by atoms with Crippen molar-refractivity contribution in [3.05, 3.63) is 95.6 Å². The van der Waals surface area contributed by atoms with Crippen molar-refractivity contribution in [2.24, 2.45) is 0 Å². The largest absolute Gasteiger partial charge is 0.325 e. The van der Waals surface area contributed by atoms with Crippen LogP contribution in [-0.4, -0.2) is 26.0 Å². The first-order chi connectivity index (χ1) is 15.6. The summed E-state index contributed by atoms with van der Waals surface area (Å²) in [5, 5.41) is 12.1. The molecule has 0 spiro atoms. The molecular formula is C25H23N5OS. The Labute approximate surface area is 191 Å². The van der Waals surface area contributed by atoms with Gasteiger partial charge >= 0.3 is 0 Å². The zero-order valence-corrected chi connectivity index (χ0v) is 18.6. The van der Waals surface area contributed by atoms with E-state index in [-0.39, 0.29) is 11.9 Å². The quantitative estimate of drug-likeness (QED) is 0.468. The van der Waals surface area contributed by atoms with Crippen molar-refractivity contribution in [1.29, 1.82) is 0 Å². The van der Waals surface area contributed by atoms with Crippen LogP contribution >= 0.6 is 11.8 Å². The molecule has 5 rings (SSSR count). The molecule has 1 aliphatic heterocycles. The fourth-order valence-electron chi connectivity index (χ4n) is 3.77. The zero-order chi connectivity index (χ0) is 22.1. The molecule has 3 aromatic carbocycles. The number of hydrogen-bond donors (Lipinski definition) is 2. The lowest BCUT2D eigenvalue weighted by atomic mass is 10.0. The van der Waals surface area contributed by atoms with Gasteiger partial charge in [-0.3, -0.25) is 4.79 Å². The summed E-state index contributed by atoms with van der Waals surface area (Å²) in [6, 6.07) is 25.6. The van der Waals surface area contributed by atoms with Crippen molar-refractivity contribution in [3.63, 3.8) is 0 Å². The van der Waals surface area contributed by atoms with Crippen LogP contribution in [0, 0.1) is 13.8 Å². The molecule has 0 aliphatic carbocycles. The Morgan fingerprint density at radius 3 is 2.38 bits per heavy atom. The lowest BCUT2D eigenvalue weighted by molar-refractivity contribution is -0.116. The Hall–Kier alpha value is -3.58. The van der Waals surface area contributed by atoms with Gasteiger partial charge in [0.25, 0.3) is 0 Å². The van der Waals surface area contributed by atoms with Crippen LogP contribution in [-0.2, 0) is 4.79 Å². The standard InChI is InChI=1S/C25H23N5OS/c1-16-13-14-20(15-17(16)2)26-24(31)22-21(18-9-5-3-6-10-18)29-30-23(27-28-25(30)32-22)19-11-7-4-8-12-19/h3-15,21-22,29H,1-2H3,(H,26,31). The van der Waals surface area contributed by atoms with Gasteiger partial charge in [0.1, 0.15) is 5.25 Å². The van der Waals surface area contributed by atoms with Gasteiger partial charge in [0, 0.05) is 11.3 Å². The highest BCUT2D eigenvalue weighted by molar-refractivity contribution is 8.00. The molecule has 2 unspecified atom stereocenters. The maximum Gasteiger partial charge on any atom is 0.240 e. The number of thioether (sulfide) groups is 1. The van der Waals surface area contributed by atoms with Crippen molar-refractivity contribution < 1.29 is 4.79 Å². The Morgan fingerprint density at radius 1 is 0.938 bits per heavy atom. The number of aromatic nitrogens is 3. The molecule has 6 nitrogen and oxygen atoms in total. The third-order valence-corrected chi connectivity index (χ3v) is 6.88. The highest BCUT2D eigenvalue weighted by Gasteiger charge is 2.38. The number of amides is 1. The van der Waals surface area contributed by atoms with E-state index >= 15 is 0 Å². The average molecular weight is 442 g/mol. The van der Waals surface area contributed by atoms with Crippen LogP contribution in [0.5, 0.6) is 0 Å². The van der Waals surface area contributed by atoms with E-state index < -0.39 is 5.25 Å². The van der Waals surface area contributed by atoms with Crippen LogP contribution in [0.25, 0.3) is 11.4 Å². The summed E-state index contributed by atoms with van der Waals surface area (Å²) in [5.74, 6) is 0.650. The van der Waals surface area contributed by atoms with Gasteiger partial charge < -0.3 is 10.7 Å². The molecule has 7 heteroatoms. The molecule has 32 heavy (non-hydrogen) atoms. The predicted molar refractivity (Wildman–Crippen MR) is 128 cm³/mol. The van der Waals surface area contributed by atoms with Gasteiger partial charge in [-0.2, -0.15) is 0 Å². The lowest BCUT2D eigenvalue weighted by Gasteiger charge is -2.33. The van der Waals surface area contributed by atoms with Crippen molar-refractivity contribution in [2.45, 2.75) is 30.3 Å². The molecule has 0 saturated carbocycles. The number of anilines is 1. The van der Waals surface area contributed by atoms with E-state index in [1.807, 2.05) is 90.5 Å². The van der Waals surface area contributed by atoms with E-state index in [0.29, 0.717) is 5.16 Å². The number of carbonyl (C=O) groups is 1. The van der Waals surface area contributed by atoms with E-state index in [4.69, 9.17) is 0 Å². The normalized spacial score (nSPS) is 17.3. The third kappa shape index (κ3) is 3.87. The Bertz CT molecular complexity index is 1260. The highest BCUT2D eigenvalue weighted by atomic mass is 32.2. The number of fused-ring (bicyclic) bond motifs is 1. The van der Waals surface area contributed by atoms with Gasteiger partial charge in [-0.15, -0.1) is 10.2 Å². The molecule has 160 valence electrons. The molecule has 0 saturated heterocycles. The molecule has 0 bridgehead atoms. The Kier molecular flexibility index (Phi) is 5.41. The Morgan fingerprint density at radius 2 is 1.66 bits per heavy atom. The summed E-state index contributed by atoms with van der Waals surface area (Å²) < 4.78 is 1.89. The molecule has 0 radical (unpaired) electrons. The number of rotatable bonds is 4. The molecule has 2 heterocycles. The van der Waals surface area contributed by atoms with Crippen molar-refractivity contribution in [1.82, 2.24) is 14.9 Å². The zero-order valence-electron chi connectivity index (χ0n) is 17.8. The summed E-state index contributed by atoms with van der Waals surface area (Å²) in [6.07, 6.45) is 0. The molecule has 4 aromatic rings. The fraction of sp³-hybridized carbons (Fsp3) is 0.160. The second-order valence-electron chi connectivity index (χ2n) is 7.85. The van der Waals surface area contributed by atoms with Crippen molar-refractivity contribution in [3.8, 4) is 11.4 Å². The maximum atomic E-state index is 13.4. The van der Waals surface area contributed by atoms with Crippen molar-refractivity contribution in [2.75, 3.05) is 10.7 Å². The molecule has 2 atom stereocenters. The van der Waals surface area contributed by atoms with Crippen LogP contribution in [0.4, 0.5) is 5.69 Å². The first kappa shape index (κ1) is 20.3.